The zero-order valence-electron chi connectivity index (χ0n) is 16.4. The van der Waals surface area contributed by atoms with Crippen LogP contribution in [0, 0.1) is 0 Å². The molecule has 3 rings (SSSR count). The smallest absolute Gasteiger partial charge is 0.237 e. The molecule has 0 saturated carbocycles. The van der Waals surface area contributed by atoms with Crippen LogP contribution in [0.3, 0.4) is 0 Å². The number of imidazole rings is 1. The molecule has 7 nitrogen and oxygen atoms in total. The molecule has 27 heavy (non-hydrogen) atoms. The van der Waals surface area contributed by atoms with Gasteiger partial charge in [-0.05, 0) is 32.5 Å². The minimum atomic E-state index is -0.167. The number of nitrogens with zero attached hydrogens (tertiary/aromatic N) is 3. The Bertz CT molecular complexity index is 816. The van der Waals surface area contributed by atoms with Crippen LogP contribution < -0.4 is 10.6 Å². The number of benzene rings is 1. The monoisotopic (exact) mass is 371 g/mol. The van der Waals surface area contributed by atoms with Crippen molar-refractivity contribution in [2.45, 2.75) is 51.7 Å². The van der Waals surface area contributed by atoms with E-state index in [-0.39, 0.29) is 23.9 Å². The Balaban J connectivity index is 1.57. The van der Waals surface area contributed by atoms with Crippen molar-refractivity contribution in [2.75, 3.05) is 20.1 Å². The lowest BCUT2D eigenvalue weighted by atomic mass is 10.1. The summed E-state index contributed by atoms with van der Waals surface area (Å²) in [7, 11) is 1.93. The molecule has 1 aliphatic heterocycles. The van der Waals surface area contributed by atoms with Crippen LogP contribution in [-0.4, -0.2) is 58.5 Å². The van der Waals surface area contributed by atoms with Crippen LogP contribution in [0.1, 0.15) is 32.5 Å². The van der Waals surface area contributed by atoms with E-state index < -0.39 is 0 Å². The number of rotatable bonds is 7. The molecule has 146 valence electrons. The molecule has 2 heterocycles. The van der Waals surface area contributed by atoms with Crippen molar-refractivity contribution in [1.82, 2.24) is 25.1 Å². The van der Waals surface area contributed by atoms with Gasteiger partial charge in [0.2, 0.25) is 11.8 Å². The van der Waals surface area contributed by atoms with E-state index in [1.54, 1.807) is 0 Å². The van der Waals surface area contributed by atoms with Crippen LogP contribution in [0.2, 0.25) is 0 Å². The lowest BCUT2D eigenvalue weighted by Crippen LogP contribution is -2.41. The average Bonchev–Trinajstić information content (AvgIpc) is 3.20. The maximum atomic E-state index is 12.5. The first-order valence-corrected chi connectivity index (χ1v) is 9.74. The van der Waals surface area contributed by atoms with Crippen molar-refractivity contribution < 1.29 is 9.59 Å². The van der Waals surface area contributed by atoms with E-state index in [2.05, 4.69) is 27.1 Å². The molecule has 1 aliphatic rings. The third-order valence-electron chi connectivity index (χ3n) is 5.18. The zero-order valence-corrected chi connectivity index (χ0v) is 16.4. The lowest BCUT2D eigenvalue weighted by molar-refractivity contribution is -0.125. The Kier molecular flexibility index (Phi) is 6.11. The summed E-state index contributed by atoms with van der Waals surface area (Å²) in [5.74, 6) is 1.06. The average molecular weight is 371 g/mol. The molecule has 7 heteroatoms. The molecule has 1 aromatic heterocycles. The first kappa shape index (κ1) is 19.4. The Hall–Kier alpha value is -2.41. The van der Waals surface area contributed by atoms with Gasteiger partial charge in [-0.3, -0.25) is 14.5 Å². The summed E-state index contributed by atoms with van der Waals surface area (Å²) >= 11 is 0. The van der Waals surface area contributed by atoms with E-state index in [1.807, 2.05) is 43.1 Å². The van der Waals surface area contributed by atoms with Crippen molar-refractivity contribution in [1.29, 1.82) is 0 Å². The molecule has 1 aromatic carbocycles. The Morgan fingerprint density at radius 1 is 1.26 bits per heavy atom. The molecule has 0 bridgehead atoms. The number of fused-ring (bicyclic) bond motifs is 1. The minimum Gasteiger partial charge on any atom is -0.355 e. The van der Waals surface area contributed by atoms with Crippen molar-refractivity contribution in [2.24, 2.45) is 0 Å². The van der Waals surface area contributed by atoms with E-state index in [0.717, 1.165) is 23.3 Å². The van der Waals surface area contributed by atoms with E-state index >= 15 is 0 Å². The first-order chi connectivity index (χ1) is 13.0. The van der Waals surface area contributed by atoms with Gasteiger partial charge in [0, 0.05) is 38.5 Å². The van der Waals surface area contributed by atoms with Gasteiger partial charge in [0.1, 0.15) is 5.82 Å². The van der Waals surface area contributed by atoms with Crippen LogP contribution >= 0.6 is 0 Å². The predicted molar refractivity (Wildman–Crippen MR) is 105 cm³/mol. The summed E-state index contributed by atoms with van der Waals surface area (Å²) < 4.78 is 2.13. The molecule has 2 aromatic rings. The molecular formula is C20H29N5O2. The summed E-state index contributed by atoms with van der Waals surface area (Å²) in [5, 5.41) is 5.95. The zero-order chi connectivity index (χ0) is 19.4. The molecule has 1 fully saturated rings. The number of hydrogen-bond acceptors (Lipinski definition) is 4. The van der Waals surface area contributed by atoms with Gasteiger partial charge in [-0.2, -0.15) is 0 Å². The summed E-state index contributed by atoms with van der Waals surface area (Å²) in [6.45, 7) is 5.92. The van der Waals surface area contributed by atoms with Crippen LogP contribution in [-0.2, 0) is 22.6 Å². The molecular weight excluding hydrogens is 342 g/mol. The van der Waals surface area contributed by atoms with Gasteiger partial charge in [0.05, 0.1) is 17.1 Å². The lowest BCUT2D eigenvalue weighted by Gasteiger charge is -2.17. The highest BCUT2D eigenvalue weighted by molar-refractivity contribution is 5.82. The molecule has 0 radical (unpaired) electrons. The van der Waals surface area contributed by atoms with Crippen molar-refractivity contribution in [3.05, 3.63) is 30.1 Å². The van der Waals surface area contributed by atoms with Gasteiger partial charge in [-0.15, -0.1) is 0 Å². The number of likely N-dealkylation sites (N-methyl/N-ethyl adjacent to an activating group) is 2. The van der Waals surface area contributed by atoms with Gasteiger partial charge < -0.3 is 15.2 Å². The molecule has 0 spiro atoms. The largest absolute Gasteiger partial charge is 0.355 e. The second-order valence-electron chi connectivity index (χ2n) is 7.12. The van der Waals surface area contributed by atoms with Crippen molar-refractivity contribution in [3.8, 4) is 0 Å². The Morgan fingerprint density at radius 2 is 2.04 bits per heavy atom. The predicted octanol–water partition coefficient (Wildman–Crippen LogP) is 1.31. The quantitative estimate of drug-likeness (QED) is 0.769. The summed E-state index contributed by atoms with van der Waals surface area (Å²) in [4.78, 5) is 31.2. The van der Waals surface area contributed by atoms with Gasteiger partial charge in [0.25, 0.3) is 0 Å². The number of likely N-dealkylation sites (tertiary alicyclic amines) is 1. The maximum absolute atomic E-state index is 12.5. The molecule has 0 unspecified atom stereocenters. The van der Waals surface area contributed by atoms with Crippen LogP contribution in [0.5, 0.6) is 0 Å². The fourth-order valence-electron chi connectivity index (χ4n) is 3.86. The molecule has 2 N–H and O–H groups in total. The second kappa shape index (κ2) is 8.52. The van der Waals surface area contributed by atoms with Gasteiger partial charge in [-0.1, -0.05) is 19.1 Å². The molecule has 2 amide bonds. The first-order valence-electron chi connectivity index (χ1n) is 9.74. The third-order valence-corrected chi connectivity index (χ3v) is 5.18. The highest BCUT2D eigenvalue weighted by Gasteiger charge is 2.34. The van der Waals surface area contributed by atoms with Crippen LogP contribution in [0.4, 0.5) is 0 Å². The highest BCUT2D eigenvalue weighted by Crippen LogP contribution is 2.18. The van der Waals surface area contributed by atoms with Gasteiger partial charge in [0.15, 0.2) is 0 Å². The van der Waals surface area contributed by atoms with Gasteiger partial charge in [-0.25, -0.2) is 4.98 Å². The number of hydrogen-bond donors (Lipinski definition) is 2. The summed E-state index contributed by atoms with van der Waals surface area (Å²) in [6.07, 6.45) is 1.89. The number of amides is 2. The Labute approximate surface area is 160 Å². The van der Waals surface area contributed by atoms with E-state index in [9.17, 15) is 9.59 Å². The number of aryl methyl sites for hydroxylation is 2. The fraction of sp³-hybridized carbons (Fsp3) is 0.550. The van der Waals surface area contributed by atoms with Crippen LogP contribution in [0.25, 0.3) is 11.0 Å². The molecule has 1 saturated heterocycles. The Morgan fingerprint density at radius 3 is 2.78 bits per heavy atom. The standard InChI is InChI=1S/C20H29N5O2/c1-4-18-23-15-8-6-7-9-16(15)25(18)11-10-19(26)22-14-12-17(24(3)13-14)20(27)21-5-2/h6-9,14,17H,4-5,10-13H2,1-3H3,(H,21,27)(H,22,26)/t14-,17+/m1/s1. The van der Waals surface area contributed by atoms with E-state index in [0.29, 0.717) is 32.5 Å². The number of carbonyl (C=O) groups excluding carboxylic acids is 2. The number of nitrogens with one attached hydrogen (secondary N) is 2. The number of para-hydroxylation sites is 2. The minimum absolute atomic E-state index is 0.0142. The number of carbonyl (C=O) groups is 2. The second-order valence-corrected chi connectivity index (χ2v) is 7.12. The van der Waals surface area contributed by atoms with Gasteiger partial charge >= 0.3 is 0 Å². The molecule has 0 aliphatic carbocycles. The SMILES string of the molecule is CCNC(=O)[C@@H]1C[C@@H](NC(=O)CCn2c(CC)nc3ccccc32)CN1C. The topological polar surface area (TPSA) is 79.3 Å². The van der Waals surface area contributed by atoms with E-state index in [1.165, 1.54) is 0 Å². The highest BCUT2D eigenvalue weighted by atomic mass is 16.2. The third kappa shape index (κ3) is 4.30. The van der Waals surface area contributed by atoms with Crippen LogP contribution in [0.15, 0.2) is 24.3 Å². The van der Waals surface area contributed by atoms with Crippen molar-refractivity contribution >= 4 is 22.8 Å². The molecule has 2 atom stereocenters. The summed E-state index contributed by atoms with van der Waals surface area (Å²) in [5.41, 5.74) is 2.04. The fourth-order valence-corrected chi connectivity index (χ4v) is 3.86. The summed E-state index contributed by atoms with van der Waals surface area (Å²) in [6, 6.07) is 7.87. The van der Waals surface area contributed by atoms with E-state index in [4.69, 9.17) is 0 Å². The maximum Gasteiger partial charge on any atom is 0.237 e. The number of aromatic nitrogens is 2. The normalized spacial score (nSPS) is 20.1. The van der Waals surface area contributed by atoms with Crippen molar-refractivity contribution in [3.63, 3.8) is 0 Å².